The summed E-state index contributed by atoms with van der Waals surface area (Å²) in [5, 5.41) is 22.3. The molecule has 0 spiro atoms. The fourth-order valence-electron chi connectivity index (χ4n) is 3.06. The highest BCUT2D eigenvalue weighted by Gasteiger charge is 2.25. The lowest BCUT2D eigenvalue weighted by atomic mass is 9.98. The maximum atomic E-state index is 12.6. The molecular formula is C19H19NO4. The maximum absolute atomic E-state index is 12.6. The summed E-state index contributed by atoms with van der Waals surface area (Å²) < 4.78 is 0. The van der Waals surface area contributed by atoms with Crippen LogP contribution in [0.3, 0.4) is 0 Å². The van der Waals surface area contributed by atoms with Crippen molar-refractivity contribution in [3.05, 3.63) is 65.2 Å². The highest BCUT2D eigenvalue weighted by atomic mass is 16.4. The molecule has 124 valence electrons. The normalized spacial score (nSPS) is 19.9. The third-order valence-corrected chi connectivity index (χ3v) is 4.38. The third-order valence-electron chi connectivity index (χ3n) is 4.38. The lowest BCUT2D eigenvalue weighted by Gasteiger charge is -2.17. The molecule has 0 heterocycles. The Balaban J connectivity index is 1.78. The molecule has 24 heavy (non-hydrogen) atoms. The molecule has 2 unspecified atom stereocenters. The van der Waals surface area contributed by atoms with E-state index in [1.807, 2.05) is 0 Å². The van der Waals surface area contributed by atoms with Crippen molar-refractivity contribution >= 4 is 17.4 Å². The molecule has 2 atom stereocenters. The van der Waals surface area contributed by atoms with Gasteiger partial charge in [0.2, 0.25) is 0 Å². The number of aromatic carboxylic acids is 1. The molecule has 5 heteroatoms. The molecule has 2 aromatic carbocycles. The average Bonchev–Trinajstić information content (AvgIpc) is 3.00. The van der Waals surface area contributed by atoms with Gasteiger partial charge in [0.15, 0.2) is 5.78 Å². The van der Waals surface area contributed by atoms with Crippen LogP contribution in [0.15, 0.2) is 48.5 Å². The van der Waals surface area contributed by atoms with Gasteiger partial charge < -0.3 is 15.5 Å². The second-order valence-corrected chi connectivity index (χ2v) is 6.01. The number of hydrogen-bond donors (Lipinski definition) is 3. The van der Waals surface area contributed by atoms with E-state index in [-0.39, 0.29) is 29.1 Å². The van der Waals surface area contributed by atoms with Crippen molar-refractivity contribution in [1.29, 1.82) is 0 Å². The summed E-state index contributed by atoms with van der Waals surface area (Å²) in [5.41, 5.74) is 1.45. The van der Waals surface area contributed by atoms with Gasteiger partial charge in [-0.1, -0.05) is 18.2 Å². The molecule has 0 radical (unpaired) electrons. The highest BCUT2D eigenvalue weighted by molar-refractivity contribution is 6.14. The number of nitrogens with one attached hydrogen (secondary N) is 1. The Hall–Kier alpha value is -2.66. The number of rotatable bonds is 5. The topological polar surface area (TPSA) is 86.6 Å². The van der Waals surface area contributed by atoms with Crippen LogP contribution in [0.25, 0.3) is 0 Å². The summed E-state index contributed by atoms with van der Waals surface area (Å²) in [6.45, 7) is 0. The predicted octanol–water partition coefficient (Wildman–Crippen LogP) is 2.94. The minimum atomic E-state index is -1.12. The molecule has 3 N–H and O–H groups in total. The van der Waals surface area contributed by atoms with E-state index in [0.29, 0.717) is 5.56 Å². The third kappa shape index (κ3) is 3.31. The molecule has 0 saturated heterocycles. The molecule has 1 aliphatic carbocycles. The van der Waals surface area contributed by atoms with Crippen molar-refractivity contribution in [3.63, 3.8) is 0 Å². The van der Waals surface area contributed by atoms with Crippen molar-refractivity contribution in [3.8, 4) is 0 Å². The second-order valence-electron chi connectivity index (χ2n) is 6.01. The Kier molecular flexibility index (Phi) is 4.62. The molecule has 2 aromatic rings. The van der Waals surface area contributed by atoms with Crippen molar-refractivity contribution in [2.45, 2.75) is 31.4 Å². The summed E-state index contributed by atoms with van der Waals surface area (Å²) >= 11 is 0. The summed E-state index contributed by atoms with van der Waals surface area (Å²) in [7, 11) is 0. The molecule has 3 rings (SSSR count). The van der Waals surface area contributed by atoms with Gasteiger partial charge in [-0.15, -0.1) is 0 Å². The van der Waals surface area contributed by atoms with Crippen molar-refractivity contribution in [2.75, 3.05) is 5.32 Å². The number of aliphatic hydroxyl groups excluding tert-OH is 1. The minimum absolute atomic E-state index is 0.00113. The van der Waals surface area contributed by atoms with Crippen LogP contribution >= 0.6 is 0 Å². The lowest BCUT2D eigenvalue weighted by Crippen LogP contribution is -2.27. The van der Waals surface area contributed by atoms with Gasteiger partial charge in [0.05, 0.1) is 17.7 Å². The molecule has 0 aromatic heterocycles. The summed E-state index contributed by atoms with van der Waals surface area (Å²) in [5.74, 6) is -1.44. The quantitative estimate of drug-likeness (QED) is 0.736. The number of aliphatic hydroxyl groups is 1. The Bertz CT molecular complexity index is 754. The first kappa shape index (κ1) is 16.2. The average molecular weight is 325 g/mol. The van der Waals surface area contributed by atoms with E-state index in [0.717, 1.165) is 24.9 Å². The Morgan fingerprint density at radius 2 is 1.62 bits per heavy atom. The number of anilines is 1. The van der Waals surface area contributed by atoms with E-state index < -0.39 is 5.97 Å². The highest BCUT2D eigenvalue weighted by Crippen LogP contribution is 2.24. The maximum Gasteiger partial charge on any atom is 0.336 e. The van der Waals surface area contributed by atoms with E-state index in [1.54, 1.807) is 36.4 Å². The summed E-state index contributed by atoms with van der Waals surface area (Å²) in [6.07, 6.45) is 2.39. The number of carbonyl (C=O) groups excluding carboxylic acids is 1. The van der Waals surface area contributed by atoms with Gasteiger partial charge >= 0.3 is 5.97 Å². The van der Waals surface area contributed by atoms with Gasteiger partial charge in [0.1, 0.15) is 0 Å². The Morgan fingerprint density at radius 3 is 2.21 bits per heavy atom. The van der Waals surface area contributed by atoms with Crippen LogP contribution in [0.4, 0.5) is 5.69 Å². The van der Waals surface area contributed by atoms with Gasteiger partial charge in [-0.3, -0.25) is 4.79 Å². The minimum Gasteiger partial charge on any atom is -0.478 e. The lowest BCUT2D eigenvalue weighted by molar-refractivity contribution is 0.0693. The van der Waals surface area contributed by atoms with E-state index in [1.165, 1.54) is 12.1 Å². The number of carboxylic acids is 1. The van der Waals surface area contributed by atoms with Crippen LogP contribution in [0.2, 0.25) is 0 Å². The van der Waals surface area contributed by atoms with Crippen molar-refractivity contribution in [1.82, 2.24) is 0 Å². The Labute approximate surface area is 139 Å². The van der Waals surface area contributed by atoms with Crippen LogP contribution < -0.4 is 5.32 Å². The molecule has 0 bridgehead atoms. The van der Waals surface area contributed by atoms with Crippen LogP contribution in [0, 0.1) is 0 Å². The van der Waals surface area contributed by atoms with Gasteiger partial charge in [0.25, 0.3) is 0 Å². The largest absolute Gasteiger partial charge is 0.478 e. The molecule has 5 nitrogen and oxygen atoms in total. The first-order valence-electron chi connectivity index (χ1n) is 7.98. The number of ketones is 1. The van der Waals surface area contributed by atoms with Gasteiger partial charge in [-0.05, 0) is 49.6 Å². The smallest absolute Gasteiger partial charge is 0.336 e. The zero-order valence-corrected chi connectivity index (χ0v) is 13.1. The number of carbonyl (C=O) groups is 2. The number of benzene rings is 2. The second kappa shape index (κ2) is 6.84. The van der Waals surface area contributed by atoms with Crippen LogP contribution in [0.1, 0.15) is 45.5 Å². The number of carboxylic acid groups (broad SMARTS) is 1. The molecular weight excluding hydrogens is 306 g/mol. The molecule has 1 fully saturated rings. The van der Waals surface area contributed by atoms with E-state index in [4.69, 9.17) is 0 Å². The van der Waals surface area contributed by atoms with Gasteiger partial charge in [-0.25, -0.2) is 4.79 Å². The number of hydrogen-bond acceptors (Lipinski definition) is 4. The van der Waals surface area contributed by atoms with Crippen LogP contribution in [-0.4, -0.2) is 34.1 Å². The zero-order valence-electron chi connectivity index (χ0n) is 13.1. The SMILES string of the molecule is O=C(O)c1ccccc1C(=O)c1ccc(NC2CCCC2O)cc1. The fraction of sp³-hybridized carbons (Fsp3) is 0.263. The summed E-state index contributed by atoms with van der Waals surface area (Å²) in [4.78, 5) is 23.8. The van der Waals surface area contributed by atoms with Crippen LogP contribution in [-0.2, 0) is 0 Å². The molecule has 1 aliphatic rings. The monoisotopic (exact) mass is 325 g/mol. The first-order chi connectivity index (χ1) is 11.6. The van der Waals surface area contributed by atoms with Crippen LogP contribution in [0.5, 0.6) is 0 Å². The first-order valence-corrected chi connectivity index (χ1v) is 7.98. The van der Waals surface area contributed by atoms with E-state index >= 15 is 0 Å². The zero-order chi connectivity index (χ0) is 17.1. The van der Waals surface area contributed by atoms with Crippen molar-refractivity contribution < 1.29 is 19.8 Å². The molecule has 1 saturated carbocycles. The Morgan fingerprint density at radius 1 is 0.958 bits per heavy atom. The standard InChI is InChI=1S/C19H19NO4/c21-17-7-3-6-16(17)20-13-10-8-12(9-11-13)18(22)14-4-1-2-5-15(14)19(23)24/h1-2,4-5,8-11,16-17,20-21H,3,6-7H2,(H,23,24). The fourth-order valence-corrected chi connectivity index (χ4v) is 3.06. The van der Waals surface area contributed by atoms with Crippen molar-refractivity contribution in [2.24, 2.45) is 0 Å². The van der Waals surface area contributed by atoms with Gasteiger partial charge in [-0.2, -0.15) is 0 Å². The van der Waals surface area contributed by atoms with E-state index in [2.05, 4.69) is 5.32 Å². The summed E-state index contributed by atoms with van der Waals surface area (Å²) in [6, 6.07) is 13.1. The van der Waals surface area contributed by atoms with E-state index in [9.17, 15) is 19.8 Å². The van der Waals surface area contributed by atoms with Gasteiger partial charge in [0, 0.05) is 16.8 Å². The molecule has 0 aliphatic heterocycles. The molecule has 0 amide bonds. The predicted molar refractivity (Wildman–Crippen MR) is 90.5 cm³/mol.